The highest BCUT2D eigenvalue weighted by atomic mass is 19.1. The first-order valence-electron chi connectivity index (χ1n) is 11.2. The normalized spacial score (nSPS) is 17.1. The molecular weight excluding hydrogens is 472 g/mol. The third-order valence-corrected chi connectivity index (χ3v) is 5.97. The number of hydrogen-bond donors (Lipinski definition) is 1. The molecule has 0 saturated carbocycles. The molecule has 0 spiro atoms. The van der Waals surface area contributed by atoms with E-state index >= 15 is 0 Å². The van der Waals surface area contributed by atoms with Crippen LogP contribution in [0.5, 0.6) is 17.2 Å². The van der Waals surface area contributed by atoms with E-state index in [9.17, 15) is 18.4 Å². The standard InChI is InChI=1S/C27H25F2NO6/c1-15-4-6-22(35-24-9-17(10-25(31)32)5-7-23(24)34-3)19(8-15)14-30-16(2)26(36-27(30)33)18-11-20(28)13-21(29)12-18/h4-9,11-13,16,26H,10,14H2,1-3H3,(H,31,32)/t16-,26-/m1/s1. The Morgan fingerprint density at radius 2 is 1.72 bits per heavy atom. The number of hydrogen-bond acceptors (Lipinski definition) is 5. The number of carboxylic acids is 1. The van der Waals surface area contributed by atoms with Crippen molar-refractivity contribution in [1.82, 2.24) is 4.90 Å². The molecule has 1 saturated heterocycles. The predicted molar refractivity (Wildman–Crippen MR) is 126 cm³/mol. The summed E-state index contributed by atoms with van der Waals surface area (Å²) < 4.78 is 44.5. The zero-order valence-corrected chi connectivity index (χ0v) is 20.0. The molecule has 36 heavy (non-hydrogen) atoms. The molecule has 188 valence electrons. The highest BCUT2D eigenvalue weighted by Crippen LogP contribution is 2.38. The molecule has 1 N–H and O–H groups in total. The average molecular weight is 497 g/mol. The van der Waals surface area contributed by atoms with Crippen LogP contribution in [-0.4, -0.2) is 35.2 Å². The minimum atomic E-state index is -0.976. The summed E-state index contributed by atoms with van der Waals surface area (Å²) in [6, 6.07) is 12.9. The van der Waals surface area contributed by atoms with Gasteiger partial charge in [0, 0.05) is 17.2 Å². The minimum absolute atomic E-state index is 0.114. The van der Waals surface area contributed by atoms with E-state index in [1.807, 2.05) is 19.1 Å². The van der Waals surface area contributed by atoms with Crippen molar-refractivity contribution in [2.45, 2.75) is 39.0 Å². The number of rotatable bonds is 8. The molecule has 1 amide bonds. The SMILES string of the molecule is COc1ccc(CC(=O)O)cc1Oc1ccc(C)cc1CN1C(=O)O[C@@H](c2cc(F)cc(F)c2)[C@H]1C. The number of ether oxygens (including phenoxy) is 3. The van der Waals surface area contributed by atoms with Crippen molar-refractivity contribution in [3.63, 3.8) is 0 Å². The van der Waals surface area contributed by atoms with Crippen molar-refractivity contribution in [3.8, 4) is 17.2 Å². The second kappa shape index (κ2) is 10.2. The number of methoxy groups -OCH3 is 1. The number of aliphatic carboxylic acids is 1. The number of carbonyl (C=O) groups is 2. The van der Waals surface area contributed by atoms with E-state index in [0.717, 1.165) is 23.8 Å². The lowest BCUT2D eigenvalue weighted by atomic mass is 10.0. The molecule has 0 bridgehead atoms. The van der Waals surface area contributed by atoms with Crippen molar-refractivity contribution in [2.24, 2.45) is 0 Å². The molecular formula is C27H25F2NO6. The van der Waals surface area contributed by atoms with Crippen LogP contribution < -0.4 is 9.47 Å². The van der Waals surface area contributed by atoms with Crippen LogP contribution >= 0.6 is 0 Å². The van der Waals surface area contributed by atoms with Crippen molar-refractivity contribution in [1.29, 1.82) is 0 Å². The van der Waals surface area contributed by atoms with E-state index in [1.54, 1.807) is 31.2 Å². The van der Waals surface area contributed by atoms with Crippen LogP contribution in [0, 0.1) is 18.6 Å². The van der Waals surface area contributed by atoms with Gasteiger partial charge in [0.1, 0.15) is 23.5 Å². The molecule has 1 fully saturated rings. The molecule has 0 radical (unpaired) electrons. The fourth-order valence-corrected chi connectivity index (χ4v) is 4.22. The number of aryl methyl sites for hydroxylation is 1. The van der Waals surface area contributed by atoms with Crippen molar-refractivity contribution < 1.29 is 37.7 Å². The Hall–Kier alpha value is -4.14. The molecule has 2 atom stereocenters. The maximum absolute atomic E-state index is 13.8. The number of nitrogens with zero attached hydrogens (tertiary/aromatic N) is 1. The Labute approximate surface area is 206 Å². The molecule has 4 rings (SSSR count). The molecule has 1 aliphatic rings. The van der Waals surface area contributed by atoms with Gasteiger partial charge in [-0.3, -0.25) is 9.69 Å². The van der Waals surface area contributed by atoms with Gasteiger partial charge in [-0.1, -0.05) is 23.8 Å². The van der Waals surface area contributed by atoms with Crippen LogP contribution in [0.15, 0.2) is 54.6 Å². The van der Waals surface area contributed by atoms with Gasteiger partial charge in [0.25, 0.3) is 0 Å². The number of carbonyl (C=O) groups excluding carboxylic acids is 1. The van der Waals surface area contributed by atoms with E-state index in [-0.39, 0.29) is 18.5 Å². The number of amides is 1. The second-order valence-electron chi connectivity index (χ2n) is 8.64. The smallest absolute Gasteiger partial charge is 0.411 e. The first-order valence-corrected chi connectivity index (χ1v) is 11.2. The van der Waals surface area contributed by atoms with Crippen LogP contribution in [0.4, 0.5) is 13.6 Å². The molecule has 0 unspecified atom stereocenters. The number of benzene rings is 3. The number of halogens is 2. The van der Waals surface area contributed by atoms with Gasteiger partial charge in [0.15, 0.2) is 11.5 Å². The van der Waals surface area contributed by atoms with E-state index in [0.29, 0.717) is 28.4 Å². The van der Waals surface area contributed by atoms with Crippen LogP contribution in [0.2, 0.25) is 0 Å². The van der Waals surface area contributed by atoms with Gasteiger partial charge in [-0.05, 0) is 49.7 Å². The van der Waals surface area contributed by atoms with Gasteiger partial charge in [0.05, 0.1) is 26.1 Å². The summed E-state index contributed by atoms with van der Waals surface area (Å²) in [7, 11) is 1.48. The highest BCUT2D eigenvalue weighted by Gasteiger charge is 2.40. The fourth-order valence-electron chi connectivity index (χ4n) is 4.22. The van der Waals surface area contributed by atoms with Crippen LogP contribution in [-0.2, 0) is 22.5 Å². The lowest BCUT2D eigenvalue weighted by Gasteiger charge is -2.23. The maximum Gasteiger partial charge on any atom is 0.411 e. The lowest BCUT2D eigenvalue weighted by Crippen LogP contribution is -2.31. The zero-order chi connectivity index (χ0) is 26.0. The van der Waals surface area contributed by atoms with Crippen LogP contribution in [0.3, 0.4) is 0 Å². The van der Waals surface area contributed by atoms with Crippen LogP contribution in [0.25, 0.3) is 0 Å². The third kappa shape index (κ3) is 5.40. The summed E-state index contributed by atoms with van der Waals surface area (Å²) in [6.07, 6.45) is -1.64. The highest BCUT2D eigenvalue weighted by molar-refractivity contribution is 5.71. The van der Waals surface area contributed by atoms with Crippen molar-refractivity contribution >= 4 is 12.1 Å². The summed E-state index contributed by atoms with van der Waals surface area (Å²) in [5.41, 5.74) is 2.36. The lowest BCUT2D eigenvalue weighted by molar-refractivity contribution is -0.136. The topological polar surface area (TPSA) is 85.3 Å². The first-order chi connectivity index (χ1) is 17.1. The molecule has 0 aliphatic carbocycles. The monoisotopic (exact) mass is 497 g/mol. The molecule has 1 aliphatic heterocycles. The Kier molecular flexibility index (Phi) is 7.10. The summed E-state index contributed by atoms with van der Waals surface area (Å²) >= 11 is 0. The van der Waals surface area contributed by atoms with Gasteiger partial charge >= 0.3 is 12.1 Å². The predicted octanol–water partition coefficient (Wildman–Crippen LogP) is 5.78. The average Bonchev–Trinajstić information content (AvgIpc) is 3.08. The molecule has 9 heteroatoms. The summed E-state index contributed by atoms with van der Waals surface area (Å²) in [6.45, 7) is 3.75. The Morgan fingerprint density at radius 1 is 1.03 bits per heavy atom. The van der Waals surface area contributed by atoms with Gasteiger partial charge < -0.3 is 19.3 Å². The summed E-state index contributed by atoms with van der Waals surface area (Å²) in [5.74, 6) is -1.30. The molecule has 0 aromatic heterocycles. The molecule has 1 heterocycles. The van der Waals surface area contributed by atoms with Crippen LogP contribution in [0.1, 0.15) is 35.3 Å². The fraction of sp³-hybridized carbons (Fsp3) is 0.259. The summed E-state index contributed by atoms with van der Waals surface area (Å²) in [5, 5.41) is 9.13. The number of cyclic esters (lactones) is 1. The zero-order valence-electron chi connectivity index (χ0n) is 20.0. The van der Waals surface area contributed by atoms with Gasteiger partial charge in [-0.25, -0.2) is 13.6 Å². The Morgan fingerprint density at radius 3 is 2.39 bits per heavy atom. The van der Waals surface area contributed by atoms with Gasteiger partial charge in [-0.2, -0.15) is 0 Å². The summed E-state index contributed by atoms with van der Waals surface area (Å²) in [4.78, 5) is 25.4. The third-order valence-electron chi connectivity index (χ3n) is 5.97. The van der Waals surface area contributed by atoms with E-state index in [1.165, 1.54) is 12.0 Å². The quantitative estimate of drug-likeness (QED) is 0.425. The maximum atomic E-state index is 13.8. The first kappa shape index (κ1) is 25.0. The van der Waals surface area contributed by atoms with Gasteiger partial charge in [0.2, 0.25) is 0 Å². The second-order valence-corrected chi connectivity index (χ2v) is 8.64. The van der Waals surface area contributed by atoms with Gasteiger partial charge in [-0.15, -0.1) is 0 Å². The van der Waals surface area contributed by atoms with E-state index in [4.69, 9.17) is 19.3 Å². The molecule has 3 aromatic carbocycles. The Balaban J connectivity index is 1.62. The van der Waals surface area contributed by atoms with E-state index < -0.39 is 35.8 Å². The van der Waals surface area contributed by atoms with Crippen molar-refractivity contribution in [2.75, 3.05) is 7.11 Å². The van der Waals surface area contributed by atoms with E-state index in [2.05, 4.69) is 0 Å². The van der Waals surface area contributed by atoms with Crippen molar-refractivity contribution in [3.05, 3.63) is 88.5 Å². The molecule has 3 aromatic rings. The number of carboxylic acid groups (broad SMARTS) is 1. The molecule has 7 nitrogen and oxygen atoms in total. The Bertz CT molecular complexity index is 1290. The minimum Gasteiger partial charge on any atom is -0.493 e. The largest absolute Gasteiger partial charge is 0.493 e.